The lowest BCUT2D eigenvalue weighted by molar-refractivity contribution is -0.306. The van der Waals surface area contributed by atoms with E-state index in [2.05, 4.69) is 16.9 Å². The van der Waals surface area contributed by atoms with Crippen LogP contribution < -0.4 is 0 Å². The van der Waals surface area contributed by atoms with E-state index in [-0.39, 0.29) is 6.10 Å². The van der Waals surface area contributed by atoms with Crippen LogP contribution in [0.4, 0.5) is 0 Å². The minimum atomic E-state index is -0.644. The van der Waals surface area contributed by atoms with E-state index in [4.69, 9.17) is 15.0 Å². The SMILES string of the molecule is CCC[C@]1(c2ccccc2)OCC[C@H](CCN=[N+]=[N-])O1. The van der Waals surface area contributed by atoms with Crippen molar-refractivity contribution in [1.29, 1.82) is 0 Å². The number of ether oxygens (including phenoxy) is 2. The van der Waals surface area contributed by atoms with Gasteiger partial charge in [-0.15, -0.1) is 0 Å². The van der Waals surface area contributed by atoms with Gasteiger partial charge in [-0.05, 0) is 18.4 Å². The lowest BCUT2D eigenvalue weighted by Gasteiger charge is -2.41. The molecule has 0 spiro atoms. The maximum Gasteiger partial charge on any atom is 0.195 e. The van der Waals surface area contributed by atoms with Gasteiger partial charge in [0.2, 0.25) is 0 Å². The summed E-state index contributed by atoms with van der Waals surface area (Å²) in [5, 5.41) is 3.59. The molecular weight excluding hydrogens is 254 g/mol. The van der Waals surface area contributed by atoms with Gasteiger partial charge in [-0.2, -0.15) is 0 Å². The average Bonchev–Trinajstić information content (AvgIpc) is 2.49. The molecule has 20 heavy (non-hydrogen) atoms. The zero-order valence-corrected chi connectivity index (χ0v) is 11.9. The summed E-state index contributed by atoms with van der Waals surface area (Å²) >= 11 is 0. The fourth-order valence-electron chi connectivity index (χ4n) is 2.62. The first-order valence-electron chi connectivity index (χ1n) is 7.19. The zero-order valence-electron chi connectivity index (χ0n) is 11.9. The maximum absolute atomic E-state index is 8.35. The van der Waals surface area contributed by atoms with Crippen LogP contribution >= 0.6 is 0 Å². The standard InChI is InChI=1S/C15H21N3O2/c1-2-10-15(13-6-4-3-5-7-13)19-12-9-14(20-15)8-11-17-18-16/h3-7,14H,2,8-12H2,1H3/t14-,15-/m0/s1. The molecule has 1 aromatic carbocycles. The Bertz CT molecular complexity index is 455. The highest BCUT2D eigenvalue weighted by Crippen LogP contribution is 2.38. The lowest BCUT2D eigenvalue weighted by Crippen LogP contribution is -2.42. The summed E-state index contributed by atoms with van der Waals surface area (Å²) in [5.41, 5.74) is 9.42. The third kappa shape index (κ3) is 3.51. The molecule has 1 aliphatic rings. The van der Waals surface area contributed by atoms with E-state index < -0.39 is 5.79 Å². The van der Waals surface area contributed by atoms with Crippen molar-refractivity contribution in [3.05, 3.63) is 46.3 Å². The smallest absolute Gasteiger partial charge is 0.195 e. The predicted octanol–water partition coefficient (Wildman–Crippen LogP) is 4.15. The predicted molar refractivity (Wildman–Crippen MR) is 77.1 cm³/mol. The van der Waals surface area contributed by atoms with Crippen LogP contribution in [0.25, 0.3) is 10.4 Å². The fourth-order valence-corrected chi connectivity index (χ4v) is 2.62. The number of azide groups is 1. The second kappa shape index (κ2) is 7.29. The first kappa shape index (κ1) is 14.9. The Hall–Kier alpha value is -1.55. The molecule has 5 nitrogen and oxygen atoms in total. The molecular formula is C15H21N3O2. The van der Waals surface area contributed by atoms with Crippen molar-refractivity contribution in [2.45, 2.75) is 44.5 Å². The Morgan fingerprint density at radius 1 is 1.40 bits per heavy atom. The van der Waals surface area contributed by atoms with Gasteiger partial charge < -0.3 is 9.47 Å². The van der Waals surface area contributed by atoms with Crippen LogP contribution in [0.5, 0.6) is 0 Å². The van der Waals surface area contributed by atoms with Crippen LogP contribution in [0, 0.1) is 0 Å². The van der Waals surface area contributed by atoms with Gasteiger partial charge >= 0.3 is 0 Å². The van der Waals surface area contributed by atoms with Crippen LogP contribution in [-0.2, 0) is 15.3 Å². The van der Waals surface area contributed by atoms with Crippen molar-refractivity contribution in [1.82, 2.24) is 0 Å². The van der Waals surface area contributed by atoms with E-state index in [9.17, 15) is 0 Å². The minimum absolute atomic E-state index is 0.0843. The molecule has 0 amide bonds. The summed E-state index contributed by atoms with van der Waals surface area (Å²) in [6, 6.07) is 10.1. The highest BCUT2D eigenvalue weighted by molar-refractivity contribution is 5.20. The van der Waals surface area contributed by atoms with Gasteiger partial charge in [0.15, 0.2) is 5.79 Å². The summed E-state index contributed by atoms with van der Waals surface area (Å²) in [6.45, 7) is 3.27. The molecule has 0 aliphatic carbocycles. The third-order valence-corrected chi connectivity index (χ3v) is 3.54. The molecule has 1 fully saturated rings. The van der Waals surface area contributed by atoms with Gasteiger partial charge in [0.05, 0.1) is 12.7 Å². The first-order chi connectivity index (χ1) is 9.80. The van der Waals surface area contributed by atoms with Crippen molar-refractivity contribution in [3.63, 3.8) is 0 Å². The quantitative estimate of drug-likeness (QED) is 0.444. The summed E-state index contributed by atoms with van der Waals surface area (Å²) in [5.74, 6) is -0.644. The van der Waals surface area contributed by atoms with Gasteiger partial charge in [-0.3, -0.25) is 0 Å². The fraction of sp³-hybridized carbons (Fsp3) is 0.600. The van der Waals surface area contributed by atoms with Crippen molar-refractivity contribution in [3.8, 4) is 0 Å². The molecule has 1 saturated heterocycles. The Morgan fingerprint density at radius 3 is 2.90 bits per heavy atom. The second-order valence-corrected chi connectivity index (χ2v) is 4.99. The van der Waals surface area contributed by atoms with Crippen molar-refractivity contribution >= 4 is 0 Å². The van der Waals surface area contributed by atoms with Crippen molar-refractivity contribution in [2.75, 3.05) is 13.2 Å². The van der Waals surface area contributed by atoms with E-state index in [1.807, 2.05) is 30.3 Å². The van der Waals surface area contributed by atoms with Gasteiger partial charge in [0.25, 0.3) is 0 Å². The van der Waals surface area contributed by atoms with Gasteiger partial charge in [0.1, 0.15) is 0 Å². The van der Waals surface area contributed by atoms with Crippen LogP contribution in [0.1, 0.15) is 38.2 Å². The molecule has 0 saturated carbocycles. The van der Waals surface area contributed by atoms with Crippen LogP contribution in [0.3, 0.4) is 0 Å². The zero-order chi connectivity index (χ0) is 14.3. The highest BCUT2D eigenvalue weighted by Gasteiger charge is 2.39. The van der Waals surface area contributed by atoms with Gasteiger partial charge in [0, 0.05) is 23.4 Å². The Balaban J connectivity index is 2.13. The van der Waals surface area contributed by atoms with Gasteiger partial charge in [-0.25, -0.2) is 0 Å². The average molecular weight is 275 g/mol. The number of nitrogens with zero attached hydrogens (tertiary/aromatic N) is 3. The Kier molecular flexibility index (Phi) is 5.41. The number of rotatable bonds is 6. The van der Waals surface area contributed by atoms with E-state index in [0.29, 0.717) is 13.2 Å². The molecule has 0 radical (unpaired) electrons. The van der Waals surface area contributed by atoms with E-state index in [0.717, 1.165) is 31.2 Å². The topological polar surface area (TPSA) is 67.2 Å². The van der Waals surface area contributed by atoms with Gasteiger partial charge in [-0.1, -0.05) is 48.8 Å². The summed E-state index contributed by atoms with van der Waals surface area (Å²) < 4.78 is 12.2. The number of benzene rings is 1. The molecule has 1 heterocycles. The van der Waals surface area contributed by atoms with Crippen LogP contribution in [-0.4, -0.2) is 19.3 Å². The molecule has 108 valence electrons. The Labute approximate surface area is 119 Å². The molecule has 0 unspecified atom stereocenters. The molecule has 1 aliphatic heterocycles. The molecule has 0 bridgehead atoms. The van der Waals surface area contributed by atoms with Crippen LogP contribution in [0.2, 0.25) is 0 Å². The molecule has 2 atom stereocenters. The number of hydrogen-bond acceptors (Lipinski definition) is 3. The van der Waals surface area contributed by atoms with E-state index in [1.165, 1.54) is 0 Å². The summed E-state index contributed by atoms with van der Waals surface area (Å²) in [6.07, 6.45) is 3.49. The summed E-state index contributed by atoms with van der Waals surface area (Å²) in [7, 11) is 0. The Morgan fingerprint density at radius 2 is 2.20 bits per heavy atom. The summed E-state index contributed by atoms with van der Waals surface area (Å²) in [4.78, 5) is 2.79. The normalized spacial score (nSPS) is 25.9. The molecule has 5 heteroatoms. The lowest BCUT2D eigenvalue weighted by atomic mass is 9.98. The molecule has 0 N–H and O–H groups in total. The highest BCUT2D eigenvalue weighted by atomic mass is 16.7. The monoisotopic (exact) mass is 275 g/mol. The molecule has 1 aromatic rings. The van der Waals surface area contributed by atoms with E-state index >= 15 is 0 Å². The van der Waals surface area contributed by atoms with E-state index in [1.54, 1.807) is 0 Å². The minimum Gasteiger partial charge on any atom is -0.346 e. The van der Waals surface area contributed by atoms with Crippen LogP contribution in [0.15, 0.2) is 35.4 Å². The molecule has 0 aromatic heterocycles. The maximum atomic E-state index is 8.35. The number of hydrogen-bond donors (Lipinski definition) is 0. The largest absolute Gasteiger partial charge is 0.346 e. The van der Waals surface area contributed by atoms with Crippen molar-refractivity contribution < 1.29 is 9.47 Å². The second-order valence-electron chi connectivity index (χ2n) is 4.99. The third-order valence-electron chi connectivity index (χ3n) is 3.54. The first-order valence-corrected chi connectivity index (χ1v) is 7.19. The molecule has 2 rings (SSSR count). The van der Waals surface area contributed by atoms with Crippen molar-refractivity contribution in [2.24, 2.45) is 5.11 Å².